The number of nitrogens with zero attached hydrogens (tertiary/aromatic N) is 1. The summed E-state index contributed by atoms with van der Waals surface area (Å²) in [7, 11) is 1.66. The predicted octanol–water partition coefficient (Wildman–Crippen LogP) is 3.25. The molecule has 1 saturated heterocycles. The summed E-state index contributed by atoms with van der Waals surface area (Å²) >= 11 is 5.85. The van der Waals surface area contributed by atoms with Gasteiger partial charge in [-0.15, -0.1) is 0 Å². The summed E-state index contributed by atoms with van der Waals surface area (Å²) < 4.78 is 5.46. The van der Waals surface area contributed by atoms with Crippen LogP contribution >= 0.6 is 11.6 Å². The Labute approximate surface area is 176 Å². The quantitative estimate of drug-likeness (QED) is 0.759. The molecular weight excluding hydrogens is 390 g/mol. The average molecular weight is 416 g/mol. The van der Waals surface area contributed by atoms with Gasteiger partial charge in [-0.05, 0) is 56.2 Å². The molecule has 1 aliphatic heterocycles. The van der Waals surface area contributed by atoms with Crippen molar-refractivity contribution in [3.63, 3.8) is 0 Å². The summed E-state index contributed by atoms with van der Waals surface area (Å²) in [5, 5.41) is 6.36. The van der Waals surface area contributed by atoms with Crippen LogP contribution in [0.1, 0.15) is 30.1 Å². The van der Waals surface area contributed by atoms with Gasteiger partial charge in [-0.25, -0.2) is 0 Å². The van der Waals surface area contributed by atoms with E-state index >= 15 is 0 Å². The Morgan fingerprint density at radius 3 is 2.62 bits per heavy atom. The summed E-state index contributed by atoms with van der Waals surface area (Å²) in [6, 6.07) is 13.8. The highest BCUT2D eigenvalue weighted by Gasteiger charge is 2.25. The van der Waals surface area contributed by atoms with Crippen LogP contribution in [0, 0.1) is 0 Å². The van der Waals surface area contributed by atoms with E-state index in [4.69, 9.17) is 16.3 Å². The number of anilines is 1. The van der Waals surface area contributed by atoms with E-state index in [1.54, 1.807) is 38.3 Å². The summed E-state index contributed by atoms with van der Waals surface area (Å²) in [5.41, 5.74) is 1.49. The number of ether oxygens (including phenoxy) is 1. The molecule has 7 heteroatoms. The maximum Gasteiger partial charge on any atom is 0.251 e. The summed E-state index contributed by atoms with van der Waals surface area (Å²) in [4.78, 5) is 27.1. The van der Waals surface area contributed by atoms with E-state index in [0.717, 1.165) is 30.8 Å². The minimum absolute atomic E-state index is 0.0102. The molecule has 6 nitrogen and oxygen atoms in total. The lowest BCUT2D eigenvalue weighted by Gasteiger charge is -2.35. The van der Waals surface area contributed by atoms with E-state index in [0.29, 0.717) is 17.1 Å². The molecule has 0 aromatic heterocycles. The smallest absolute Gasteiger partial charge is 0.251 e. The standard InChI is InChI=1S/C22H26ClN3O3/c1-15(24-22(28)16-9-11-17(23)12-10-16)21(27)25-18-6-5-13-26(14-18)19-7-3-4-8-20(19)29-2/h3-4,7-12,15,18H,5-6,13-14H2,1-2H3,(H,24,28)(H,25,27). The second kappa shape index (κ2) is 9.65. The number of methoxy groups -OCH3 is 1. The van der Waals surface area contributed by atoms with Gasteiger partial charge in [-0.2, -0.15) is 0 Å². The first-order valence-corrected chi connectivity index (χ1v) is 10.1. The summed E-state index contributed by atoms with van der Waals surface area (Å²) in [5.74, 6) is 0.325. The highest BCUT2D eigenvalue weighted by molar-refractivity contribution is 6.30. The van der Waals surface area contributed by atoms with Crippen molar-refractivity contribution in [1.29, 1.82) is 0 Å². The number of benzene rings is 2. The van der Waals surface area contributed by atoms with Gasteiger partial charge in [0.1, 0.15) is 11.8 Å². The molecule has 3 rings (SSSR count). The van der Waals surface area contributed by atoms with Crippen LogP contribution in [0.3, 0.4) is 0 Å². The number of piperidine rings is 1. The molecule has 29 heavy (non-hydrogen) atoms. The van der Waals surface area contributed by atoms with Crippen molar-refractivity contribution in [3.8, 4) is 5.75 Å². The number of hydrogen-bond acceptors (Lipinski definition) is 4. The molecule has 0 bridgehead atoms. The zero-order chi connectivity index (χ0) is 20.8. The Morgan fingerprint density at radius 2 is 1.90 bits per heavy atom. The van der Waals surface area contributed by atoms with Gasteiger partial charge in [0.25, 0.3) is 5.91 Å². The maximum absolute atomic E-state index is 12.6. The van der Waals surface area contributed by atoms with Crippen molar-refractivity contribution >= 4 is 29.1 Å². The first-order valence-electron chi connectivity index (χ1n) is 9.72. The first kappa shape index (κ1) is 21.0. The molecule has 154 valence electrons. The first-order chi connectivity index (χ1) is 14.0. The molecule has 2 amide bonds. The Morgan fingerprint density at radius 1 is 1.17 bits per heavy atom. The van der Waals surface area contributed by atoms with Gasteiger partial charge in [0.05, 0.1) is 12.8 Å². The number of rotatable bonds is 6. The molecule has 1 aliphatic rings. The fraction of sp³-hybridized carbons (Fsp3) is 0.364. The maximum atomic E-state index is 12.6. The van der Waals surface area contributed by atoms with Crippen molar-refractivity contribution < 1.29 is 14.3 Å². The van der Waals surface area contributed by atoms with Crippen molar-refractivity contribution in [2.24, 2.45) is 0 Å². The van der Waals surface area contributed by atoms with Gasteiger partial charge in [-0.3, -0.25) is 9.59 Å². The van der Waals surface area contributed by atoms with Crippen molar-refractivity contribution in [2.75, 3.05) is 25.1 Å². The van der Waals surface area contributed by atoms with Gasteiger partial charge in [0.15, 0.2) is 0 Å². The van der Waals surface area contributed by atoms with Crippen LogP contribution in [-0.2, 0) is 4.79 Å². The Kier molecular flexibility index (Phi) is 6.99. The van der Waals surface area contributed by atoms with Crippen LogP contribution in [-0.4, -0.2) is 44.1 Å². The number of carbonyl (C=O) groups excluding carboxylic acids is 2. The molecule has 0 spiro atoms. The monoisotopic (exact) mass is 415 g/mol. The second-order valence-electron chi connectivity index (χ2n) is 7.17. The molecule has 1 fully saturated rings. The topological polar surface area (TPSA) is 70.7 Å². The summed E-state index contributed by atoms with van der Waals surface area (Å²) in [6.07, 6.45) is 1.86. The Balaban J connectivity index is 1.56. The fourth-order valence-corrected chi connectivity index (χ4v) is 3.60. The van der Waals surface area contributed by atoms with Crippen LogP contribution in [0.15, 0.2) is 48.5 Å². The number of amides is 2. The number of para-hydroxylation sites is 2. The lowest BCUT2D eigenvalue weighted by Crippen LogP contribution is -2.53. The van der Waals surface area contributed by atoms with Crippen molar-refractivity contribution in [3.05, 3.63) is 59.1 Å². The fourth-order valence-electron chi connectivity index (χ4n) is 3.48. The number of halogens is 1. The SMILES string of the molecule is COc1ccccc1N1CCCC(NC(=O)C(C)NC(=O)c2ccc(Cl)cc2)C1. The molecule has 0 aliphatic carbocycles. The molecule has 2 aromatic rings. The second-order valence-corrected chi connectivity index (χ2v) is 7.60. The van der Waals surface area contributed by atoms with Crippen LogP contribution in [0.5, 0.6) is 5.75 Å². The molecule has 2 N–H and O–H groups in total. The highest BCUT2D eigenvalue weighted by atomic mass is 35.5. The van der Waals surface area contributed by atoms with E-state index in [1.165, 1.54) is 0 Å². The molecule has 2 aromatic carbocycles. The van der Waals surface area contributed by atoms with Gasteiger partial charge in [0, 0.05) is 29.7 Å². The van der Waals surface area contributed by atoms with E-state index in [1.807, 2.05) is 24.3 Å². The van der Waals surface area contributed by atoms with E-state index in [2.05, 4.69) is 15.5 Å². The lowest BCUT2D eigenvalue weighted by molar-refractivity contribution is -0.123. The summed E-state index contributed by atoms with van der Waals surface area (Å²) in [6.45, 7) is 3.30. The van der Waals surface area contributed by atoms with Crippen LogP contribution in [0.25, 0.3) is 0 Å². The molecular formula is C22H26ClN3O3. The van der Waals surface area contributed by atoms with E-state index in [9.17, 15) is 9.59 Å². The molecule has 1 heterocycles. The third-order valence-corrected chi connectivity index (χ3v) is 5.29. The zero-order valence-electron chi connectivity index (χ0n) is 16.7. The Hall–Kier alpha value is -2.73. The van der Waals surface area contributed by atoms with Crippen LogP contribution in [0.2, 0.25) is 5.02 Å². The molecule has 2 unspecified atom stereocenters. The lowest BCUT2D eigenvalue weighted by atomic mass is 10.0. The number of hydrogen-bond donors (Lipinski definition) is 2. The minimum atomic E-state index is -0.639. The molecule has 2 atom stereocenters. The van der Waals surface area contributed by atoms with Gasteiger partial charge in [0.2, 0.25) is 5.91 Å². The van der Waals surface area contributed by atoms with Crippen molar-refractivity contribution in [2.45, 2.75) is 31.8 Å². The predicted molar refractivity (Wildman–Crippen MR) is 115 cm³/mol. The van der Waals surface area contributed by atoms with E-state index in [-0.39, 0.29) is 17.9 Å². The molecule has 0 saturated carbocycles. The molecule has 0 radical (unpaired) electrons. The zero-order valence-corrected chi connectivity index (χ0v) is 17.4. The minimum Gasteiger partial charge on any atom is -0.495 e. The van der Waals surface area contributed by atoms with E-state index < -0.39 is 6.04 Å². The number of carbonyl (C=O) groups is 2. The van der Waals surface area contributed by atoms with Gasteiger partial charge in [-0.1, -0.05) is 23.7 Å². The number of nitrogens with one attached hydrogen (secondary N) is 2. The Bertz CT molecular complexity index is 857. The van der Waals surface area contributed by atoms with Crippen LogP contribution in [0.4, 0.5) is 5.69 Å². The highest BCUT2D eigenvalue weighted by Crippen LogP contribution is 2.29. The van der Waals surface area contributed by atoms with Crippen molar-refractivity contribution in [1.82, 2.24) is 10.6 Å². The third-order valence-electron chi connectivity index (χ3n) is 5.04. The van der Waals surface area contributed by atoms with Gasteiger partial charge < -0.3 is 20.3 Å². The average Bonchev–Trinajstić information content (AvgIpc) is 2.74. The third kappa shape index (κ3) is 5.41. The normalized spacial score (nSPS) is 17.3. The van der Waals surface area contributed by atoms with Crippen LogP contribution < -0.4 is 20.3 Å². The largest absolute Gasteiger partial charge is 0.495 e. The van der Waals surface area contributed by atoms with Gasteiger partial charge >= 0.3 is 0 Å².